The Labute approximate surface area is 134 Å². The first kappa shape index (κ1) is 15.7. The van der Waals surface area contributed by atoms with E-state index in [1.54, 1.807) is 12.1 Å². The van der Waals surface area contributed by atoms with Crippen LogP contribution in [-0.4, -0.2) is 11.6 Å². The van der Waals surface area contributed by atoms with E-state index in [4.69, 9.17) is 27.9 Å². The summed E-state index contributed by atoms with van der Waals surface area (Å²) >= 11 is 12.0. The quantitative estimate of drug-likeness (QED) is 0.608. The van der Waals surface area contributed by atoms with Gasteiger partial charge in [-0.25, -0.2) is 4.98 Å². The van der Waals surface area contributed by atoms with Crippen LogP contribution in [0.25, 0.3) is 0 Å². The molecule has 0 bridgehead atoms. The fourth-order valence-electron chi connectivity index (χ4n) is 1.93. The first-order valence-electron chi connectivity index (χ1n) is 6.50. The van der Waals surface area contributed by atoms with Crippen LogP contribution in [0.5, 0.6) is 5.75 Å². The summed E-state index contributed by atoms with van der Waals surface area (Å²) in [4.78, 5) is 4.04. The molecule has 0 saturated carbocycles. The maximum absolute atomic E-state index is 6.12. The lowest BCUT2D eigenvalue weighted by Gasteiger charge is -2.14. The van der Waals surface area contributed by atoms with E-state index in [9.17, 15) is 0 Å². The van der Waals surface area contributed by atoms with Gasteiger partial charge in [-0.05, 0) is 24.6 Å². The van der Waals surface area contributed by atoms with E-state index in [-0.39, 0.29) is 0 Å². The van der Waals surface area contributed by atoms with Crippen molar-refractivity contribution in [1.29, 1.82) is 0 Å². The zero-order valence-electron chi connectivity index (χ0n) is 11.7. The summed E-state index contributed by atoms with van der Waals surface area (Å²) in [6, 6.07) is 9.60. The minimum atomic E-state index is 0.365. The average molecular weight is 323 g/mol. The van der Waals surface area contributed by atoms with Crippen LogP contribution in [0.4, 0.5) is 5.69 Å². The molecule has 0 unspecified atom stereocenters. The molecule has 110 valence electrons. The van der Waals surface area contributed by atoms with Gasteiger partial charge in [-0.2, -0.15) is 0 Å². The normalized spacial score (nSPS) is 10.2. The molecular weight excluding hydrogens is 307 g/mol. The van der Waals surface area contributed by atoms with Crippen molar-refractivity contribution < 1.29 is 4.74 Å². The van der Waals surface area contributed by atoms with Gasteiger partial charge < -0.3 is 10.1 Å². The molecule has 5 heteroatoms. The van der Waals surface area contributed by atoms with Gasteiger partial charge in [0, 0.05) is 12.1 Å². The molecule has 0 spiro atoms. The molecule has 2 rings (SSSR count). The Morgan fingerprint density at radius 1 is 1.33 bits per heavy atom. The summed E-state index contributed by atoms with van der Waals surface area (Å²) in [6.45, 7) is 6.64. The molecule has 0 fully saturated rings. The highest BCUT2D eigenvalue weighted by atomic mass is 35.5. The van der Waals surface area contributed by atoms with Crippen LogP contribution in [0.1, 0.15) is 11.1 Å². The first-order valence-corrected chi connectivity index (χ1v) is 7.25. The Balaban J connectivity index is 2.15. The highest BCUT2D eigenvalue weighted by molar-refractivity contribution is 6.34. The number of para-hydroxylation sites is 1. The van der Waals surface area contributed by atoms with Gasteiger partial charge >= 0.3 is 0 Å². The Hall–Kier alpha value is -1.71. The smallest absolute Gasteiger partial charge is 0.154 e. The summed E-state index contributed by atoms with van der Waals surface area (Å²) in [5.74, 6) is 0.820. The van der Waals surface area contributed by atoms with E-state index in [1.165, 1.54) is 0 Å². The molecule has 0 aliphatic heterocycles. The van der Waals surface area contributed by atoms with Gasteiger partial charge in [-0.15, -0.1) is 0 Å². The highest BCUT2D eigenvalue weighted by Gasteiger charge is 2.09. The Morgan fingerprint density at radius 2 is 2.10 bits per heavy atom. The van der Waals surface area contributed by atoms with Crippen LogP contribution < -0.4 is 10.1 Å². The molecule has 0 saturated heterocycles. The van der Waals surface area contributed by atoms with Gasteiger partial charge in [-0.3, -0.25) is 0 Å². The van der Waals surface area contributed by atoms with Crippen LogP contribution in [-0.2, 0) is 6.54 Å². The number of benzene rings is 1. The number of nitrogens with one attached hydrogen (secondary N) is 1. The van der Waals surface area contributed by atoms with E-state index in [2.05, 4.69) is 16.9 Å². The second-order valence-electron chi connectivity index (χ2n) is 4.49. The van der Waals surface area contributed by atoms with Crippen molar-refractivity contribution in [2.45, 2.75) is 13.5 Å². The summed E-state index contributed by atoms with van der Waals surface area (Å²) in [5.41, 5.74) is 2.76. The third kappa shape index (κ3) is 4.13. The standard InChI is InChI=1S/C16H16Cl2N2O/c1-3-8-21-13-7-5-4-6-12(13)10-19-15-11(2)9-14(17)20-16(15)18/h3-7,9,19H,1,8,10H2,2H3. The second-order valence-corrected chi connectivity index (χ2v) is 5.23. The van der Waals surface area contributed by atoms with E-state index in [1.807, 2.05) is 31.2 Å². The maximum Gasteiger partial charge on any atom is 0.154 e. The van der Waals surface area contributed by atoms with Gasteiger partial charge in [0.1, 0.15) is 17.5 Å². The number of anilines is 1. The van der Waals surface area contributed by atoms with Crippen molar-refractivity contribution in [3.05, 3.63) is 64.4 Å². The lowest BCUT2D eigenvalue weighted by molar-refractivity contribution is 0.359. The summed E-state index contributed by atoms with van der Waals surface area (Å²) in [7, 11) is 0. The Bertz CT molecular complexity index is 621. The molecule has 0 aliphatic carbocycles. The van der Waals surface area contributed by atoms with E-state index in [0.717, 1.165) is 22.6 Å². The van der Waals surface area contributed by atoms with Gasteiger partial charge in [-0.1, -0.05) is 54.1 Å². The van der Waals surface area contributed by atoms with Crippen molar-refractivity contribution in [2.24, 2.45) is 0 Å². The van der Waals surface area contributed by atoms with Crippen molar-refractivity contribution in [3.8, 4) is 5.75 Å². The van der Waals surface area contributed by atoms with Crippen molar-refractivity contribution in [1.82, 2.24) is 4.98 Å². The molecule has 1 aromatic carbocycles. The first-order chi connectivity index (χ1) is 10.1. The molecule has 0 aliphatic rings. The fraction of sp³-hybridized carbons (Fsp3) is 0.188. The highest BCUT2D eigenvalue weighted by Crippen LogP contribution is 2.28. The van der Waals surface area contributed by atoms with Crippen LogP contribution >= 0.6 is 23.2 Å². The Morgan fingerprint density at radius 3 is 2.81 bits per heavy atom. The number of pyridine rings is 1. The molecule has 1 aromatic heterocycles. The molecular formula is C16H16Cl2N2O. The topological polar surface area (TPSA) is 34.1 Å². The number of halogens is 2. The number of hydrogen-bond donors (Lipinski definition) is 1. The van der Waals surface area contributed by atoms with Crippen molar-refractivity contribution in [3.63, 3.8) is 0 Å². The summed E-state index contributed by atoms with van der Waals surface area (Å²) in [6.07, 6.45) is 1.72. The lowest BCUT2D eigenvalue weighted by atomic mass is 10.2. The van der Waals surface area contributed by atoms with Gasteiger partial charge in [0.15, 0.2) is 5.15 Å². The third-order valence-electron chi connectivity index (χ3n) is 2.93. The van der Waals surface area contributed by atoms with E-state index >= 15 is 0 Å². The predicted molar refractivity (Wildman–Crippen MR) is 88.5 cm³/mol. The minimum absolute atomic E-state index is 0.365. The number of aromatic nitrogens is 1. The van der Waals surface area contributed by atoms with Crippen LogP contribution in [0.3, 0.4) is 0 Å². The molecule has 1 N–H and O–H groups in total. The predicted octanol–water partition coefficient (Wildman–Crippen LogP) is 4.87. The molecule has 21 heavy (non-hydrogen) atoms. The third-order valence-corrected chi connectivity index (χ3v) is 3.39. The number of nitrogens with zero attached hydrogens (tertiary/aromatic N) is 1. The largest absolute Gasteiger partial charge is 0.489 e. The van der Waals surface area contributed by atoms with Gasteiger partial charge in [0.05, 0.1) is 5.69 Å². The van der Waals surface area contributed by atoms with Crippen LogP contribution in [0.2, 0.25) is 10.3 Å². The van der Waals surface area contributed by atoms with Crippen LogP contribution in [0, 0.1) is 6.92 Å². The number of aryl methyl sites for hydroxylation is 1. The molecule has 0 atom stereocenters. The second kappa shape index (κ2) is 7.34. The molecule has 3 nitrogen and oxygen atoms in total. The molecule has 2 aromatic rings. The van der Waals surface area contributed by atoms with Crippen molar-refractivity contribution in [2.75, 3.05) is 11.9 Å². The zero-order valence-corrected chi connectivity index (χ0v) is 13.2. The van der Waals surface area contributed by atoms with Crippen LogP contribution in [0.15, 0.2) is 43.0 Å². The average Bonchev–Trinajstić information content (AvgIpc) is 2.45. The minimum Gasteiger partial charge on any atom is -0.489 e. The fourth-order valence-corrected chi connectivity index (χ4v) is 2.53. The molecule has 0 amide bonds. The lowest BCUT2D eigenvalue weighted by Crippen LogP contribution is -2.05. The number of ether oxygens (including phenoxy) is 1. The SMILES string of the molecule is C=CCOc1ccccc1CNc1c(C)cc(Cl)nc1Cl. The van der Waals surface area contributed by atoms with Gasteiger partial charge in [0.2, 0.25) is 0 Å². The number of rotatable bonds is 6. The van der Waals surface area contributed by atoms with E-state index in [0.29, 0.717) is 23.5 Å². The maximum atomic E-state index is 6.12. The van der Waals surface area contributed by atoms with E-state index < -0.39 is 0 Å². The molecule has 0 radical (unpaired) electrons. The monoisotopic (exact) mass is 322 g/mol. The zero-order chi connectivity index (χ0) is 15.2. The number of hydrogen-bond acceptors (Lipinski definition) is 3. The van der Waals surface area contributed by atoms with Crippen molar-refractivity contribution >= 4 is 28.9 Å². The van der Waals surface area contributed by atoms with Gasteiger partial charge in [0.25, 0.3) is 0 Å². The summed E-state index contributed by atoms with van der Waals surface area (Å²) < 4.78 is 5.63. The summed E-state index contributed by atoms with van der Waals surface area (Å²) in [5, 5.41) is 4.03. The molecule has 1 heterocycles. The Kier molecular flexibility index (Phi) is 5.48.